The molecule has 22 heavy (non-hydrogen) atoms. The van der Waals surface area contributed by atoms with Gasteiger partial charge in [-0.05, 0) is 25.0 Å². The monoisotopic (exact) mass is 345 g/mol. The van der Waals surface area contributed by atoms with E-state index in [1.165, 1.54) is 19.2 Å². The van der Waals surface area contributed by atoms with Crippen LogP contribution in [-0.2, 0) is 9.53 Å². The third kappa shape index (κ3) is 4.27. The van der Waals surface area contributed by atoms with Crippen LogP contribution in [0.3, 0.4) is 0 Å². The number of hydrogen-bond acceptors (Lipinski definition) is 4. The Kier molecular flexibility index (Phi) is 5.91. The quantitative estimate of drug-likeness (QED) is 0.832. The lowest BCUT2D eigenvalue weighted by Crippen LogP contribution is -2.35. The summed E-state index contributed by atoms with van der Waals surface area (Å²) in [4.78, 5) is 23.6. The fourth-order valence-electron chi connectivity index (χ4n) is 2.43. The molecule has 0 heterocycles. The van der Waals surface area contributed by atoms with Crippen molar-refractivity contribution in [1.29, 1.82) is 0 Å². The Morgan fingerprint density at radius 2 is 1.82 bits per heavy atom. The largest absolute Gasteiger partial charge is 0.494 e. The molecular weight excluding hydrogens is 329 g/mol. The summed E-state index contributed by atoms with van der Waals surface area (Å²) in [5.41, 5.74) is 0.171. The molecule has 0 atom stereocenters. The van der Waals surface area contributed by atoms with Gasteiger partial charge in [0.15, 0.2) is 12.4 Å². The molecule has 0 aliphatic heterocycles. The fourth-order valence-corrected chi connectivity index (χ4v) is 3.07. The molecule has 0 unspecified atom stereocenters. The van der Waals surface area contributed by atoms with Gasteiger partial charge in [-0.2, -0.15) is 0 Å². The van der Waals surface area contributed by atoms with Crippen LogP contribution in [0, 0.1) is 0 Å². The highest BCUT2D eigenvalue weighted by Gasteiger charge is 2.19. The van der Waals surface area contributed by atoms with E-state index in [9.17, 15) is 9.59 Å². The smallest absolute Gasteiger partial charge is 0.338 e. The number of amides is 1. The van der Waals surface area contributed by atoms with Crippen molar-refractivity contribution in [3.05, 3.63) is 27.7 Å². The molecule has 1 aliphatic carbocycles. The molecule has 120 valence electrons. The summed E-state index contributed by atoms with van der Waals surface area (Å²) >= 11 is 11.9. The molecule has 1 aliphatic rings. The number of rotatable bonds is 5. The number of benzene rings is 1. The van der Waals surface area contributed by atoms with Crippen molar-refractivity contribution < 1.29 is 19.1 Å². The minimum atomic E-state index is -0.659. The number of hydrogen-bond donors (Lipinski definition) is 1. The first-order valence-electron chi connectivity index (χ1n) is 7.00. The summed E-state index contributed by atoms with van der Waals surface area (Å²) in [6.45, 7) is -0.323. The molecule has 0 radical (unpaired) electrons. The normalized spacial score (nSPS) is 14.7. The van der Waals surface area contributed by atoms with Gasteiger partial charge in [-0.1, -0.05) is 36.0 Å². The third-order valence-electron chi connectivity index (χ3n) is 3.49. The summed E-state index contributed by atoms with van der Waals surface area (Å²) in [6.07, 6.45) is 4.19. The Balaban J connectivity index is 1.90. The van der Waals surface area contributed by atoms with Crippen LogP contribution in [0.25, 0.3) is 0 Å². The number of carbonyl (C=O) groups is 2. The van der Waals surface area contributed by atoms with Crippen molar-refractivity contribution >= 4 is 35.1 Å². The maximum absolute atomic E-state index is 11.9. The fraction of sp³-hybridized carbons (Fsp3) is 0.467. The van der Waals surface area contributed by atoms with E-state index in [0.717, 1.165) is 25.7 Å². The van der Waals surface area contributed by atoms with Crippen LogP contribution in [0.15, 0.2) is 12.1 Å². The van der Waals surface area contributed by atoms with Crippen molar-refractivity contribution in [2.75, 3.05) is 13.7 Å². The van der Waals surface area contributed by atoms with Gasteiger partial charge in [-0.25, -0.2) is 4.79 Å². The molecule has 0 saturated heterocycles. The molecule has 7 heteroatoms. The minimum Gasteiger partial charge on any atom is -0.494 e. The first kappa shape index (κ1) is 16.9. The highest BCUT2D eigenvalue weighted by atomic mass is 35.5. The van der Waals surface area contributed by atoms with Gasteiger partial charge in [0.05, 0.1) is 22.7 Å². The van der Waals surface area contributed by atoms with Gasteiger partial charge in [0, 0.05) is 6.04 Å². The van der Waals surface area contributed by atoms with Crippen LogP contribution in [0.1, 0.15) is 36.0 Å². The van der Waals surface area contributed by atoms with Crippen molar-refractivity contribution in [3.63, 3.8) is 0 Å². The zero-order valence-corrected chi connectivity index (χ0v) is 13.7. The number of ether oxygens (including phenoxy) is 2. The molecule has 1 N–H and O–H groups in total. The van der Waals surface area contributed by atoms with Crippen LogP contribution in [0.2, 0.25) is 10.0 Å². The van der Waals surface area contributed by atoms with Gasteiger partial charge in [-0.15, -0.1) is 0 Å². The van der Waals surface area contributed by atoms with Crippen molar-refractivity contribution in [1.82, 2.24) is 5.32 Å². The number of carbonyl (C=O) groups excluding carboxylic acids is 2. The second-order valence-electron chi connectivity index (χ2n) is 5.10. The summed E-state index contributed by atoms with van der Waals surface area (Å²) < 4.78 is 9.98. The maximum atomic E-state index is 11.9. The van der Waals surface area contributed by atoms with E-state index in [0.29, 0.717) is 5.75 Å². The average molecular weight is 346 g/mol. The van der Waals surface area contributed by atoms with Gasteiger partial charge in [0.25, 0.3) is 5.91 Å². The Hall–Kier alpha value is -1.46. The second kappa shape index (κ2) is 7.70. The maximum Gasteiger partial charge on any atom is 0.338 e. The molecule has 0 bridgehead atoms. The first-order valence-corrected chi connectivity index (χ1v) is 7.76. The third-order valence-corrected chi connectivity index (χ3v) is 4.05. The minimum absolute atomic E-state index is 0.171. The van der Waals surface area contributed by atoms with Crippen LogP contribution >= 0.6 is 23.2 Å². The number of esters is 1. The number of halogens is 2. The van der Waals surface area contributed by atoms with E-state index in [4.69, 9.17) is 32.7 Å². The molecule has 2 rings (SSSR count). The molecule has 1 aromatic rings. The first-order chi connectivity index (χ1) is 10.5. The highest BCUT2D eigenvalue weighted by Crippen LogP contribution is 2.33. The lowest BCUT2D eigenvalue weighted by molar-refractivity contribution is -0.124. The Morgan fingerprint density at radius 3 is 2.36 bits per heavy atom. The van der Waals surface area contributed by atoms with Gasteiger partial charge in [0.1, 0.15) is 0 Å². The van der Waals surface area contributed by atoms with Crippen LogP contribution in [-0.4, -0.2) is 31.6 Å². The number of methoxy groups -OCH3 is 1. The van der Waals surface area contributed by atoms with Crippen molar-refractivity contribution in [3.8, 4) is 5.75 Å². The molecule has 1 aromatic carbocycles. The van der Waals surface area contributed by atoms with E-state index in [1.54, 1.807) is 0 Å². The van der Waals surface area contributed by atoms with Crippen molar-refractivity contribution in [2.24, 2.45) is 0 Å². The standard InChI is InChI=1S/C15H17Cl2NO4/c1-21-14-11(16)6-9(7-12(14)17)15(20)22-8-13(19)18-10-4-2-3-5-10/h6-7,10H,2-5,8H2,1H3,(H,18,19). The van der Waals surface area contributed by atoms with Gasteiger partial charge >= 0.3 is 5.97 Å². The highest BCUT2D eigenvalue weighted by molar-refractivity contribution is 6.37. The zero-order chi connectivity index (χ0) is 16.1. The molecule has 1 saturated carbocycles. The van der Waals surface area contributed by atoms with Crippen LogP contribution < -0.4 is 10.1 Å². The molecule has 1 fully saturated rings. The summed E-state index contributed by atoms with van der Waals surface area (Å²) in [5, 5.41) is 3.25. The van der Waals surface area contributed by atoms with E-state index in [1.807, 2.05) is 0 Å². The summed E-state index contributed by atoms with van der Waals surface area (Å²) in [5.74, 6) is -0.669. The van der Waals surface area contributed by atoms with E-state index in [-0.39, 0.29) is 34.2 Å². The molecular formula is C15H17Cl2NO4. The lowest BCUT2D eigenvalue weighted by atomic mass is 10.2. The predicted octanol–water partition coefficient (Wildman–Crippen LogP) is 3.22. The topological polar surface area (TPSA) is 64.6 Å². The van der Waals surface area contributed by atoms with E-state index in [2.05, 4.69) is 5.32 Å². The lowest BCUT2D eigenvalue weighted by Gasteiger charge is -2.12. The van der Waals surface area contributed by atoms with Gasteiger partial charge in [0.2, 0.25) is 0 Å². The molecule has 0 spiro atoms. The Morgan fingerprint density at radius 1 is 1.23 bits per heavy atom. The van der Waals surface area contributed by atoms with Crippen LogP contribution in [0.5, 0.6) is 5.75 Å². The molecule has 1 amide bonds. The van der Waals surface area contributed by atoms with Gasteiger partial charge in [-0.3, -0.25) is 4.79 Å². The molecule has 0 aromatic heterocycles. The van der Waals surface area contributed by atoms with Crippen molar-refractivity contribution in [2.45, 2.75) is 31.7 Å². The predicted molar refractivity (Wildman–Crippen MR) is 83.7 cm³/mol. The Bertz CT molecular complexity index is 548. The van der Waals surface area contributed by atoms with E-state index >= 15 is 0 Å². The van der Waals surface area contributed by atoms with E-state index < -0.39 is 5.97 Å². The average Bonchev–Trinajstić information content (AvgIpc) is 2.97. The Labute approximate surface area is 138 Å². The molecule has 5 nitrogen and oxygen atoms in total. The zero-order valence-electron chi connectivity index (χ0n) is 12.2. The second-order valence-corrected chi connectivity index (χ2v) is 5.91. The summed E-state index contributed by atoms with van der Waals surface area (Å²) in [7, 11) is 1.43. The van der Waals surface area contributed by atoms with Crippen LogP contribution in [0.4, 0.5) is 0 Å². The van der Waals surface area contributed by atoms with Gasteiger partial charge < -0.3 is 14.8 Å². The SMILES string of the molecule is COc1c(Cl)cc(C(=O)OCC(=O)NC2CCCC2)cc1Cl. The summed E-state index contributed by atoms with van der Waals surface area (Å²) in [6, 6.07) is 2.98. The number of nitrogens with one attached hydrogen (secondary N) is 1.